The van der Waals surface area contributed by atoms with Crippen molar-refractivity contribution in [3.63, 3.8) is 0 Å². The molecule has 0 saturated carbocycles. The van der Waals surface area contributed by atoms with Crippen molar-refractivity contribution in [2.75, 3.05) is 5.75 Å². The summed E-state index contributed by atoms with van der Waals surface area (Å²) >= 11 is 0.714. The van der Waals surface area contributed by atoms with Crippen LogP contribution in [0, 0.1) is 0 Å². The maximum absolute atomic E-state index is 10.6. The Morgan fingerprint density at radius 3 is 3.10 bits per heavy atom. The summed E-state index contributed by atoms with van der Waals surface area (Å²) in [5, 5.41) is 4.15. The predicted molar refractivity (Wildman–Crippen MR) is 45.2 cm³/mol. The van der Waals surface area contributed by atoms with Gasteiger partial charge in [-0.1, -0.05) is 0 Å². The fourth-order valence-corrected chi connectivity index (χ4v) is 5.13. The van der Waals surface area contributed by atoms with Crippen LogP contribution in [0.5, 0.6) is 0 Å². The number of hydrogen-bond acceptors (Lipinski definition) is 2. The zero-order valence-electron chi connectivity index (χ0n) is 5.92. The first-order valence-corrected chi connectivity index (χ1v) is 7.52. The van der Waals surface area contributed by atoms with Crippen LogP contribution in [0.3, 0.4) is 0 Å². The van der Waals surface area contributed by atoms with Gasteiger partial charge in [-0.2, -0.15) is 0 Å². The second-order valence-electron chi connectivity index (χ2n) is 2.29. The van der Waals surface area contributed by atoms with Gasteiger partial charge >= 0.3 is 70.5 Å². The Balaban J connectivity index is 2.19. The van der Waals surface area contributed by atoms with Crippen LogP contribution in [0.25, 0.3) is 0 Å². The van der Waals surface area contributed by atoms with Crippen LogP contribution in [0.2, 0.25) is 5.32 Å². The minimum atomic E-state index is 0.118. The third kappa shape index (κ3) is 2.95. The average Bonchev–Trinajstić information content (AvgIpc) is 1.88. The van der Waals surface area contributed by atoms with Crippen molar-refractivity contribution >= 4 is 29.9 Å². The second kappa shape index (κ2) is 4.27. The molecule has 4 heteroatoms. The Labute approximate surface area is 70.7 Å². The first-order valence-electron chi connectivity index (χ1n) is 3.30. The molecule has 0 aromatic carbocycles. The van der Waals surface area contributed by atoms with Crippen molar-refractivity contribution < 1.29 is 4.79 Å². The predicted octanol–water partition coefficient (Wildman–Crippen LogP) is 0.665. The molecule has 0 aromatic rings. The van der Waals surface area contributed by atoms with Crippen LogP contribution < -0.4 is 5.32 Å². The van der Waals surface area contributed by atoms with E-state index in [9.17, 15) is 4.79 Å². The second-order valence-corrected chi connectivity index (χ2v) is 6.84. The fraction of sp³-hybridized carbons (Fsp3) is 0.833. The molecule has 1 atom stereocenters. The first kappa shape index (κ1) is 8.44. The van der Waals surface area contributed by atoms with Gasteiger partial charge in [0.2, 0.25) is 0 Å². The number of nitrogens with one attached hydrogen (secondary N) is 1. The Kier molecular flexibility index (Phi) is 3.60. The molecule has 1 rings (SSSR count). The van der Waals surface area contributed by atoms with Crippen molar-refractivity contribution in [3.8, 4) is 0 Å². The van der Waals surface area contributed by atoms with Crippen molar-refractivity contribution in [1.29, 1.82) is 0 Å². The molecule has 1 heterocycles. The van der Waals surface area contributed by atoms with Gasteiger partial charge in [0.15, 0.2) is 0 Å². The molecule has 1 amide bonds. The fourth-order valence-electron chi connectivity index (χ4n) is 0.864. The number of carbonyl (C=O) groups is 1. The first-order chi connectivity index (χ1) is 4.79. The van der Waals surface area contributed by atoms with E-state index in [4.69, 9.17) is 0 Å². The van der Waals surface area contributed by atoms with Crippen LogP contribution in [0.4, 0.5) is 0 Å². The summed E-state index contributed by atoms with van der Waals surface area (Å²) in [5.74, 6) is 1.35. The summed E-state index contributed by atoms with van der Waals surface area (Å²) in [6.07, 6.45) is 1.16. The normalized spacial score (nSPS) is 25.9. The number of carbonyl (C=O) groups excluding carboxylic acids is 1. The quantitative estimate of drug-likeness (QED) is 0.663. The molecule has 0 aliphatic carbocycles. The Bertz CT molecular complexity index is 125. The van der Waals surface area contributed by atoms with E-state index in [-0.39, 0.29) is 5.91 Å². The molecule has 1 N–H and O–H groups in total. The summed E-state index contributed by atoms with van der Waals surface area (Å²) < 4.78 is 0. The molecule has 1 aliphatic rings. The topological polar surface area (TPSA) is 29.1 Å². The third-order valence-electron chi connectivity index (χ3n) is 1.31. The van der Waals surface area contributed by atoms with E-state index >= 15 is 0 Å². The SMILES string of the molecule is CC(=O)N[C@H]1CCS[Se]C1. The molecule has 0 aromatic heterocycles. The molecule has 1 fully saturated rings. The van der Waals surface area contributed by atoms with E-state index in [0.717, 1.165) is 6.42 Å². The van der Waals surface area contributed by atoms with Crippen molar-refractivity contribution in [1.82, 2.24) is 5.32 Å². The molecular formula is C6H11NOSSe. The number of hydrogen-bond donors (Lipinski definition) is 1. The molecule has 0 radical (unpaired) electrons. The molecule has 1 saturated heterocycles. The summed E-state index contributed by atoms with van der Waals surface area (Å²) in [7, 11) is 2.04. The summed E-state index contributed by atoms with van der Waals surface area (Å²) in [4.78, 5) is 10.6. The number of amides is 1. The number of rotatable bonds is 1. The summed E-state index contributed by atoms with van der Waals surface area (Å²) in [6.45, 7) is 1.59. The zero-order chi connectivity index (χ0) is 7.40. The summed E-state index contributed by atoms with van der Waals surface area (Å²) in [6, 6.07) is 0.485. The van der Waals surface area contributed by atoms with Gasteiger partial charge in [-0.25, -0.2) is 0 Å². The molecule has 0 bridgehead atoms. The van der Waals surface area contributed by atoms with Gasteiger partial charge in [0.05, 0.1) is 0 Å². The van der Waals surface area contributed by atoms with E-state index in [1.54, 1.807) is 6.92 Å². The van der Waals surface area contributed by atoms with Gasteiger partial charge in [-0.3, -0.25) is 0 Å². The van der Waals surface area contributed by atoms with Gasteiger partial charge in [-0.05, 0) is 0 Å². The Morgan fingerprint density at radius 2 is 2.60 bits per heavy atom. The van der Waals surface area contributed by atoms with Crippen LogP contribution in [0.15, 0.2) is 0 Å². The van der Waals surface area contributed by atoms with E-state index in [1.807, 2.05) is 10.2 Å². The van der Waals surface area contributed by atoms with Gasteiger partial charge in [0.1, 0.15) is 0 Å². The van der Waals surface area contributed by atoms with Crippen LogP contribution in [-0.4, -0.2) is 31.5 Å². The van der Waals surface area contributed by atoms with Gasteiger partial charge in [-0.15, -0.1) is 0 Å². The molecule has 1 aliphatic heterocycles. The Morgan fingerprint density at radius 1 is 1.80 bits per heavy atom. The minimum absolute atomic E-state index is 0.118. The standard InChI is InChI=1S/C6H11NOSSe/c1-5(8)7-6-2-3-9-10-4-6/h6H,2-4H2,1H3,(H,7,8)/t6-/m0/s1. The van der Waals surface area contributed by atoms with Crippen molar-refractivity contribution in [3.05, 3.63) is 0 Å². The Hall–Kier alpha value is 0.339. The molecule has 58 valence electrons. The van der Waals surface area contributed by atoms with Gasteiger partial charge in [0, 0.05) is 0 Å². The molecule has 10 heavy (non-hydrogen) atoms. The van der Waals surface area contributed by atoms with Crippen molar-refractivity contribution in [2.24, 2.45) is 0 Å². The molecule has 2 nitrogen and oxygen atoms in total. The van der Waals surface area contributed by atoms with Crippen molar-refractivity contribution in [2.45, 2.75) is 24.7 Å². The average molecular weight is 224 g/mol. The van der Waals surface area contributed by atoms with E-state index in [2.05, 4.69) is 5.32 Å². The van der Waals surface area contributed by atoms with Gasteiger partial charge < -0.3 is 0 Å². The molecular weight excluding hydrogens is 213 g/mol. The monoisotopic (exact) mass is 225 g/mol. The maximum atomic E-state index is 10.6. The zero-order valence-corrected chi connectivity index (χ0v) is 8.45. The summed E-state index contributed by atoms with van der Waals surface area (Å²) in [5.41, 5.74) is 0. The van der Waals surface area contributed by atoms with E-state index in [1.165, 1.54) is 11.1 Å². The van der Waals surface area contributed by atoms with Gasteiger partial charge in [0.25, 0.3) is 0 Å². The van der Waals surface area contributed by atoms with E-state index < -0.39 is 0 Å². The molecule has 0 spiro atoms. The van der Waals surface area contributed by atoms with E-state index in [0.29, 0.717) is 19.9 Å². The van der Waals surface area contributed by atoms with Crippen LogP contribution in [-0.2, 0) is 4.79 Å². The van der Waals surface area contributed by atoms with Crippen LogP contribution in [0.1, 0.15) is 13.3 Å². The molecule has 0 unspecified atom stereocenters. The van der Waals surface area contributed by atoms with Crippen LogP contribution >= 0.6 is 10.2 Å². The third-order valence-corrected chi connectivity index (χ3v) is 5.81.